The standard InChI is InChI=1S/C22H24N2O2S/c1-16(22(25)23-15-17-10-12-19(26-2)13-11-17)24-21(20-9-6-14-27-20)18-7-4-3-5-8-18/h3-14,16,21,24H,15H2,1-2H3,(H,23,25)/p+1/t16-,21+/m1/s1. The minimum Gasteiger partial charge on any atom is -0.497 e. The number of thiophene rings is 1. The number of carbonyl (C=O) groups is 1. The second-order valence-corrected chi connectivity index (χ2v) is 7.43. The van der Waals surface area contributed by atoms with Gasteiger partial charge in [-0.25, -0.2) is 0 Å². The van der Waals surface area contributed by atoms with Gasteiger partial charge in [-0.2, -0.15) is 0 Å². The fourth-order valence-corrected chi connectivity index (χ4v) is 3.80. The molecule has 1 heterocycles. The van der Waals surface area contributed by atoms with Crippen LogP contribution in [0.25, 0.3) is 0 Å². The first kappa shape index (κ1) is 19.1. The van der Waals surface area contributed by atoms with Crippen molar-refractivity contribution in [1.29, 1.82) is 0 Å². The topological polar surface area (TPSA) is 54.9 Å². The van der Waals surface area contributed by atoms with E-state index in [9.17, 15) is 4.79 Å². The number of hydrogen-bond acceptors (Lipinski definition) is 3. The highest BCUT2D eigenvalue weighted by Crippen LogP contribution is 2.22. The average molecular weight is 382 g/mol. The zero-order valence-electron chi connectivity index (χ0n) is 15.6. The maximum Gasteiger partial charge on any atom is 0.278 e. The SMILES string of the molecule is COc1ccc(CNC(=O)[C@@H](C)[NH2+][C@@H](c2ccccc2)c2cccs2)cc1. The molecule has 2 atom stereocenters. The van der Waals surface area contributed by atoms with Gasteiger partial charge in [0.05, 0.1) is 12.0 Å². The van der Waals surface area contributed by atoms with Crippen LogP contribution in [-0.4, -0.2) is 19.1 Å². The summed E-state index contributed by atoms with van der Waals surface area (Å²) < 4.78 is 5.16. The lowest BCUT2D eigenvalue weighted by molar-refractivity contribution is -0.704. The molecule has 0 saturated carbocycles. The largest absolute Gasteiger partial charge is 0.497 e. The number of ether oxygens (including phenoxy) is 1. The second kappa shape index (κ2) is 9.35. The molecule has 0 fully saturated rings. The van der Waals surface area contributed by atoms with Crippen LogP contribution in [0.5, 0.6) is 5.75 Å². The van der Waals surface area contributed by atoms with Crippen molar-refractivity contribution in [3.8, 4) is 5.75 Å². The van der Waals surface area contributed by atoms with Crippen LogP contribution in [0.3, 0.4) is 0 Å². The van der Waals surface area contributed by atoms with Crippen LogP contribution in [-0.2, 0) is 11.3 Å². The molecule has 1 amide bonds. The molecular formula is C22H25N2O2S+. The summed E-state index contributed by atoms with van der Waals surface area (Å²) in [4.78, 5) is 13.9. The first-order valence-electron chi connectivity index (χ1n) is 9.01. The summed E-state index contributed by atoms with van der Waals surface area (Å²) in [5.41, 5.74) is 2.25. The van der Waals surface area contributed by atoms with Gasteiger partial charge in [0.1, 0.15) is 11.8 Å². The van der Waals surface area contributed by atoms with Crippen molar-refractivity contribution >= 4 is 17.2 Å². The molecule has 3 aromatic rings. The zero-order chi connectivity index (χ0) is 19.1. The molecule has 1 aromatic heterocycles. The van der Waals surface area contributed by atoms with Gasteiger partial charge >= 0.3 is 0 Å². The Labute approximate surface area is 164 Å². The monoisotopic (exact) mass is 381 g/mol. The molecule has 0 saturated heterocycles. The first-order chi connectivity index (χ1) is 13.2. The lowest BCUT2D eigenvalue weighted by atomic mass is 10.0. The molecule has 2 aromatic carbocycles. The molecule has 0 radical (unpaired) electrons. The summed E-state index contributed by atoms with van der Waals surface area (Å²) in [5.74, 6) is 0.844. The number of rotatable bonds is 8. The predicted octanol–water partition coefficient (Wildman–Crippen LogP) is 3.11. The van der Waals surface area contributed by atoms with Crippen LogP contribution in [0.1, 0.15) is 29.0 Å². The summed E-state index contributed by atoms with van der Waals surface area (Å²) in [5, 5.41) is 7.24. The number of nitrogens with one attached hydrogen (secondary N) is 1. The molecule has 3 N–H and O–H groups in total. The van der Waals surface area contributed by atoms with E-state index >= 15 is 0 Å². The Morgan fingerprint density at radius 2 is 1.81 bits per heavy atom. The molecule has 4 nitrogen and oxygen atoms in total. The van der Waals surface area contributed by atoms with E-state index in [0.717, 1.165) is 11.3 Å². The molecule has 0 aliphatic carbocycles. The van der Waals surface area contributed by atoms with Crippen LogP contribution in [0.2, 0.25) is 0 Å². The average Bonchev–Trinajstić information content (AvgIpc) is 3.25. The van der Waals surface area contributed by atoms with Gasteiger partial charge in [0.25, 0.3) is 5.91 Å². The number of methoxy groups -OCH3 is 1. The number of quaternary nitrogens is 1. The number of hydrogen-bond donors (Lipinski definition) is 2. The van der Waals surface area contributed by atoms with Gasteiger partial charge < -0.3 is 15.4 Å². The number of nitrogens with two attached hydrogens (primary N) is 1. The summed E-state index contributed by atoms with van der Waals surface area (Å²) in [6, 6.07) is 22.2. The van der Waals surface area contributed by atoms with E-state index in [0.29, 0.717) is 6.54 Å². The smallest absolute Gasteiger partial charge is 0.278 e. The molecule has 5 heteroatoms. The van der Waals surface area contributed by atoms with Gasteiger partial charge in [-0.3, -0.25) is 4.79 Å². The zero-order valence-corrected chi connectivity index (χ0v) is 16.4. The van der Waals surface area contributed by atoms with Crippen LogP contribution in [0.15, 0.2) is 72.1 Å². The minimum absolute atomic E-state index is 0.0308. The third-order valence-corrected chi connectivity index (χ3v) is 5.48. The Morgan fingerprint density at radius 3 is 2.44 bits per heavy atom. The van der Waals surface area contributed by atoms with Crippen molar-refractivity contribution in [2.45, 2.75) is 25.6 Å². The molecule has 0 aliphatic rings. The number of carbonyl (C=O) groups excluding carboxylic acids is 1. The summed E-state index contributed by atoms with van der Waals surface area (Å²) >= 11 is 1.72. The highest BCUT2D eigenvalue weighted by atomic mass is 32.1. The normalized spacial score (nSPS) is 13.0. The van der Waals surface area contributed by atoms with Crippen LogP contribution >= 0.6 is 11.3 Å². The summed E-state index contributed by atoms with van der Waals surface area (Å²) in [7, 11) is 1.64. The maximum atomic E-state index is 12.6. The highest BCUT2D eigenvalue weighted by Gasteiger charge is 2.25. The van der Waals surface area contributed by atoms with E-state index in [-0.39, 0.29) is 18.0 Å². The number of amides is 1. The third kappa shape index (κ3) is 5.18. The van der Waals surface area contributed by atoms with Gasteiger partial charge in [-0.1, -0.05) is 48.5 Å². The Morgan fingerprint density at radius 1 is 1.07 bits per heavy atom. The third-order valence-electron chi connectivity index (χ3n) is 4.53. The summed E-state index contributed by atoms with van der Waals surface area (Å²) in [6.07, 6.45) is 0. The van der Waals surface area contributed by atoms with Crippen LogP contribution < -0.4 is 15.4 Å². The first-order valence-corrected chi connectivity index (χ1v) is 9.89. The Kier molecular flexibility index (Phi) is 6.63. The van der Waals surface area contributed by atoms with Crippen molar-refractivity contribution < 1.29 is 14.8 Å². The Bertz CT molecular complexity index is 833. The predicted molar refractivity (Wildman–Crippen MR) is 109 cm³/mol. The van der Waals surface area contributed by atoms with Gasteiger partial charge in [0, 0.05) is 12.1 Å². The van der Waals surface area contributed by atoms with E-state index < -0.39 is 0 Å². The molecule has 0 aliphatic heterocycles. The van der Waals surface area contributed by atoms with Crippen molar-refractivity contribution in [1.82, 2.24) is 5.32 Å². The van der Waals surface area contributed by atoms with Crippen molar-refractivity contribution in [2.75, 3.05) is 7.11 Å². The fourth-order valence-electron chi connectivity index (χ4n) is 2.97. The molecule has 0 bridgehead atoms. The van der Waals surface area contributed by atoms with Crippen LogP contribution in [0, 0.1) is 0 Å². The van der Waals surface area contributed by atoms with Crippen molar-refractivity contribution in [2.24, 2.45) is 0 Å². The van der Waals surface area contributed by atoms with E-state index in [1.54, 1.807) is 18.4 Å². The minimum atomic E-state index is -0.199. The molecular weight excluding hydrogens is 356 g/mol. The lowest BCUT2D eigenvalue weighted by Gasteiger charge is -2.19. The van der Waals surface area contributed by atoms with Gasteiger partial charge in [-0.15, -0.1) is 11.3 Å². The molecule has 0 unspecified atom stereocenters. The Balaban J connectivity index is 1.62. The fraction of sp³-hybridized carbons (Fsp3) is 0.227. The Hall–Kier alpha value is -2.63. The molecule has 27 heavy (non-hydrogen) atoms. The van der Waals surface area contributed by atoms with Gasteiger partial charge in [0.15, 0.2) is 6.04 Å². The van der Waals surface area contributed by atoms with E-state index in [4.69, 9.17) is 4.74 Å². The highest BCUT2D eigenvalue weighted by molar-refractivity contribution is 7.10. The van der Waals surface area contributed by atoms with Gasteiger partial charge in [0.2, 0.25) is 0 Å². The van der Waals surface area contributed by atoms with Crippen molar-refractivity contribution in [3.05, 3.63) is 88.1 Å². The molecule has 3 rings (SSSR count). The van der Waals surface area contributed by atoms with Crippen molar-refractivity contribution in [3.63, 3.8) is 0 Å². The van der Waals surface area contributed by atoms with E-state index in [1.807, 2.05) is 49.4 Å². The molecule has 140 valence electrons. The van der Waals surface area contributed by atoms with Crippen LogP contribution in [0.4, 0.5) is 0 Å². The summed E-state index contributed by atoms with van der Waals surface area (Å²) in [6.45, 7) is 2.46. The van der Waals surface area contributed by atoms with Gasteiger partial charge in [-0.05, 0) is 36.1 Å². The van der Waals surface area contributed by atoms with E-state index in [2.05, 4.69) is 40.3 Å². The lowest BCUT2D eigenvalue weighted by Crippen LogP contribution is -2.92. The van der Waals surface area contributed by atoms with E-state index in [1.165, 1.54) is 10.4 Å². The quantitative estimate of drug-likeness (QED) is 0.630. The second-order valence-electron chi connectivity index (χ2n) is 6.45. The molecule has 0 spiro atoms. The number of benzene rings is 2. The maximum absolute atomic E-state index is 12.6.